The van der Waals surface area contributed by atoms with Crippen LogP contribution in [0.25, 0.3) is 0 Å². The summed E-state index contributed by atoms with van der Waals surface area (Å²) in [6.07, 6.45) is -0.390. The number of nitrogens with zero attached hydrogens (tertiary/aromatic N) is 1. The van der Waals surface area contributed by atoms with Crippen molar-refractivity contribution in [3.05, 3.63) is 0 Å². The molecule has 0 N–H and O–H groups in total. The van der Waals surface area contributed by atoms with Crippen LogP contribution in [0.1, 0.15) is 19.8 Å². The van der Waals surface area contributed by atoms with Crippen molar-refractivity contribution in [2.45, 2.75) is 78.4 Å². The van der Waals surface area contributed by atoms with Crippen molar-refractivity contribution in [1.29, 1.82) is 0 Å². The van der Waals surface area contributed by atoms with Gasteiger partial charge in [0.1, 0.15) is 0 Å². The number of carbonyl (C=O) groups is 1. The van der Waals surface area contributed by atoms with Gasteiger partial charge in [0.05, 0.1) is 0 Å². The van der Waals surface area contributed by atoms with E-state index in [0.29, 0.717) is 0 Å². The van der Waals surface area contributed by atoms with Crippen molar-refractivity contribution in [2.24, 2.45) is 0 Å². The van der Waals surface area contributed by atoms with Crippen LogP contribution in [0.3, 0.4) is 0 Å². The zero-order chi connectivity index (χ0) is 32.3. The summed E-state index contributed by atoms with van der Waals surface area (Å²) >= 11 is 3.32. The monoisotopic (exact) mass is 649 g/mol. The van der Waals surface area contributed by atoms with Gasteiger partial charge < -0.3 is 4.90 Å². The van der Waals surface area contributed by atoms with E-state index in [1.165, 1.54) is 6.92 Å². The fraction of sp³-hybridized carbons (Fsp3) is 0.938. The largest absolute Gasteiger partial charge is 0.393 e. The van der Waals surface area contributed by atoms with Crippen molar-refractivity contribution in [3.63, 3.8) is 0 Å². The van der Waals surface area contributed by atoms with Crippen LogP contribution in [0.2, 0.25) is 0 Å². The van der Waals surface area contributed by atoms with Crippen LogP contribution in [-0.2, 0) is 4.79 Å². The molecule has 234 valence electrons. The number of unbranched alkanes of at least 4 members (excludes halogenated alkanes) is 1. The molecular weight excluding hydrogens is 638 g/mol. The molecule has 0 aromatic heterocycles. The van der Waals surface area contributed by atoms with Crippen LogP contribution in [0.4, 0.5) is 87.8 Å². The molecule has 39 heavy (non-hydrogen) atoms. The molecule has 0 bridgehead atoms. The second-order valence-electron chi connectivity index (χ2n) is 7.75. The smallest absolute Gasteiger partial charge is 0.340 e. The minimum Gasteiger partial charge on any atom is -0.340 e. The number of rotatable bonds is 13. The first-order valence-electron chi connectivity index (χ1n) is 9.37. The summed E-state index contributed by atoms with van der Waals surface area (Å²) in [5.41, 5.74) is 0. The molecule has 0 aromatic rings. The Hall–Kier alpha value is -1.64. The van der Waals surface area contributed by atoms with Crippen molar-refractivity contribution < 1.29 is 92.6 Å². The van der Waals surface area contributed by atoms with E-state index < -0.39 is 76.0 Å². The van der Waals surface area contributed by atoms with E-state index in [2.05, 4.69) is 11.6 Å². The average Bonchev–Trinajstić information content (AvgIpc) is 2.74. The van der Waals surface area contributed by atoms with E-state index in [1.54, 1.807) is 0 Å². The van der Waals surface area contributed by atoms with Gasteiger partial charge in [-0.2, -0.15) is 87.8 Å². The zero-order valence-corrected chi connectivity index (χ0v) is 19.2. The van der Waals surface area contributed by atoms with Crippen LogP contribution >= 0.6 is 11.6 Å². The molecule has 0 aromatic carbocycles. The van der Waals surface area contributed by atoms with Gasteiger partial charge in [0.25, 0.3) is 5.91 Å². The normalized spacial score (nSPS) is 16.0. The summed E-state index contributed by atoms with van der Waals surface area (Å²) in [5, 5.41) is -7.06. The predicted octanol–water partition coefficient (Wildman–Crippen LogP) is 7.79. The molecule has 0 saturated carbocycles. The number of amides is 1. The molecule has 0 unspecified atom stereocenters. The minimum atomic E-state index is -9.15. The maximum Gasteiger partial charge on any atom is 0.393 e. The SMILES string of the molecule is CCCCN(C)C(=O)C(F)(F)C(F)(F)C(F)(F)C(F)(F)C(F)(F)C(F)(F)C(F)(F)C(F)(F)C(F)(F)C(F)(F)Cl. The number of alkyl halides is 21. The highest BCUT2D eigenvalue weighted by Gasteiger charge is 2.98. The lowest BCUT2D eigenvalue weighted by Crippen LogP contribution is -2.77. The van der Waals surface area contributed by atoms with Gasteiger partial charge in [-0.25, -0.2) is 0 Å². The standard InChI is InChI=1S/C16H12ClF20NO/c1-3-4-5-38(2)6(39)7(18,19)8(20,21)9(22,23)10(24,25)11(26,27)12(28,29)13(30,31)14(32,33)15(34,35)16(17,36)37/h3-5H2,1-2H3. The van der Waals surface area contributed by atoms with Gasteiger partial charge in [-0.3, -0.25) is 4.79 Å². The molecule has 23 heteroatoms. The first-order chi connectivity index (χ1) is 16.6. The molecule has 0 aliphatic rings. The van der Waals surface area contributed by atoms with Gasteiger partial charge in [-0.15, -0.1) is 0 Å². The van der Waals surface area contributed by atoms with Crippen LogP contribution in [0.5, 0.6) is 0 Å². The Bertz CT molecular complexity index is 895. The maximum atomic E-state index is 13.8. The first kappa shape index (κ1) is 37.4. The van der Waals surface area contributed by atoms with E-state index in [4.69, 9.17) is 0 Å². The summed E-state index contributed by atoms with van der Waals surface area (Å²) in [7, 11) is 0.149. The highest BCUT2D eigenvalue weighted by Crippen LogP contribution is 2.66. The molecular formula is C16H12ClF20NO. The van der Waals surface area contributed by atoms with Gasteiger partial charge in [0, 0.05) is 13.6 Å². The van der Waals surface area contributed by atoms with Crippen LogP contribution < -0.4 is 0 Å². The fourth-order valence-corrected chi connectivity index (χ4v) is 2.55. The van der Waals surface area contributed by atoms with E-state index in [0.717, 1.165) is 0 Å². The molecule has 2 nitrogen and oxygen atoms in total. The van der Waals surface area contributed by atoms with Gasteiger partial charge in [0.2, 0.25) is 0 Å². The first-order valence-corrected chi connectivity index (χ1v) is 9.74. The van der Waals surface area contributed by atoms with E-state index >= 15 is 0 Å². The number of halogens is 21. The lowest BCUT2D eigenvalue weighted by Gasteiger charge is -2.44. The van der Waals surface area contributed by atoms with Crippen LogP contribution in [0, 0.1) is 0 Å². The molecule has 0 aliphatic heterocycles. The van der Waals surface area contributed by atoms with E-state index in [1.807, 2.05) is 0 Å². The Labute approximate surface area is 208 Å². The molecule has 0 rings (SSSR count). The third kappa shape index (κ3) is 4.93. The topological polar surface area (TPSA) is 20.3 Å². The third-order valence-electron chi connectivity index (χ3n) is 4.97. The molecule has 0 aliphatic carbocycles. The number of hydrogen-bond acceptors (Lipinski definition) is 1. The van der Waals surface area contributed by atoms with Gasteiger partial charge in [-0.05, 0) is 18.0 Å². The Morgan fingerprint density at radius 3 is 1.05 bits per heavy atom. The quantitative estimate of drug-likeness (QED) is 0.147. The molecule has 0 radical (unpaired) electrons. The summed E-state index contributed by atoms with van der Waals surface area (Å²) in [6, 6.07) is 0. The molecule has 0 heterocycles. The lowest BCUT2D eigenvalue weighted by atomic mass is 9.86. The second kappa shape index (κ2) is 10.0. The summed E-state index contributed by atoms with van der Waals surface area (Å²) in [5.74, 6) is -80.7. The van der Waals surface area contributed by atoms with E-state index in [9.17, 15) is 92.6 Å². The van der Waals surface area contributed by atoms with Gasteiger partial charge >= 0.3 is 58.7 Å². The molecule has 0 saturated heterocycles. The summed E-state index contributed by atoms with van der Waals surface area (Å²) in [6.45, 7) is 0.253. The Morgan fingerprint density at radius 2 is 0.795 bits per heavy atom. The van der Waals surface area contributed by atoms with Gasteiger partial charge in [-0.1, -0.05) is 13.3 Å². The fourth-order valence-electron chi connectivity index (χ4n) is 2.43. The lowest BCUT2D eigenvalue weighted by molar-refractivity contribution is -0.464. The second-order valence-corrected chi connectivity index (χ2v) is 8.22. The Morgan fingerprint density at radius 1 is 0.538 bits per heavy atom. The van der Waals surface area contributed by atoms with Crippen molar-refractivity contribution in [2.75, 3.05) is 13.6 Å². The zero-order valence-electron chi connectivity index (χ0n) is 18.4. The molecule has 0 fully saturated rings. The minimum absolute atomic E-state index is 0.0251. The Kier molecular flexibility index (Phi) is 9.60. The number of carbonyl (C=O) groups excluding carboxylic acids is 1. The predicted molar refractivity (Wildman–Crippen MR) is 87.9 cm³/mol. The highest BCUT2D eigenvalue weighted by molar-refractivity contribution is 6.22. The van der Waals surface area contributed by atoms with Gasteiger partial charge in [0.15, 0.2) is 0 Å². The average molecular weight is 650 g/mol. The summed E-state index contributed by atoms with van der Waals surface area (Å²) in [4.78, 5) is 10.9. The van der Waals surface area contributed by atoms with Crippen molar-refractivity contribution >= 4 is 17.5 Å². The van der Waals surface area contributed by atoms with Crippen molar-refractivity contribution in [3.8, 4) is 0 Å². The molecule has 0 spiro atoms. The molecule has 1 amide bonds. The summed E-state index contributed by atoms with van der Waals surface area (Å²) < 4.78 is 269. The van der Waals surface area contributed by atoms with E-state index in [-0.39, 0.29) is 19.9 Å². The Balaban J connectivity index is 7.04. The molecule has 0 atom stereocenters. The third-order valence-corrected chi connectivity index (χ3v) is 5.21. The number of hydrogen-bond donors (Lipinski definition) is 0. The van der Waals surface area contributed by atoms with Crippen LogP contribution in [-0.4, -0.2) is 83.1 Å². The highest BCUT2D eigenvalue weighted by atomic mass is 35.5. The van der Waals surface area contributed by atoms with Crippen molar-refractivity contribution in [1.82, 2.24) is 4.90 Å². The van der Waals surface area contributed by atoms with Crippen LogP contribution in [0.15, 0.2) is 0 Å². The maximum absolute atomic E-state index is 13.8.